The number of rotatable bonds is 2. The van der Waals surface area contributed by atoms with Gasteiger partial charge in [0, 0.05) is 0 Å². The van der Waals surface area contributed by atoms with Crippen molar-refractivity contribution in [1.29, 1.82) is 0 Å². The summed E-state index contributed by atoms with van der Waals surface area (Å²) in [5.74, 6) is -0.389. The minimum absolute atomic E-state index is 0.389. The highest BCUT2D eigenvalue weighted by molar-refractivity contribution is 9.06. The first-order valence-electron chi connectivity index (χ1n) is 4.80. The average molecular weight is 277 g/mol. The molecule has 0 N–H and O–H groups in total. The van der Waals surface area contributed by atoms with Crippen LogP contribution in [-0.4, -0.2) is 5.97 Å². The fourth-order valence-electron chi connectivity index (χ4n) is 1.57. The topological polar surface area (TPSA) is 26.3 Å². The lowest BCUT2D eigenvalue weighted by Gasteiger charge is -2.06. The van der Waals surface area contributed by atoms with E-state index in [1.54, 1.807) is 6.07 Å². The molecular weight excluding hydrogens is 268 g/mol. The lowest BCUT2D eigenvalue weighted by Crippen LogP contribution is -2.00. The summed E-state index contributed by atoms with van der Waals surface area (Å²) >= 11 is 2.71. The van der Waals surface area contributed by atoms with Gasteiger partial charge in [0.15, 0.2) is 16.3 Å². The predicted octanol–water partition coefficient (Wildman–Crippen LogP) is 3.82. The third-order valence-corrected chi connectivity index (χ3v) is 2.60. The third kappa shape index (κ3) is 2.14. The second-order valence-corrected chi connectivity index (χ2v) is 3.60. The molecule has 0 radical (unpaired) electrons. The number of carbonyl (C=O) groups is 1. The standard InChI is InChI=1S/C13H9BrO2/c14-16-13(15)12-9-5-4-8-11(12)10-6-2-1-3-7-10/h1-9H. The molecule has 0 bridgehead atoms. The van der Waals surface area contributed by atoms with E-state index in [0.717, 1.165) is 11.1 Å². The van der Waals surface area contributed by atoms with Gasteiger partial charge in [-0.2, -0.15) is 0 Å². The van der Waals surface area contributed by atoms with Crippen molar-refractivity contribution in [2.24, 2.45) is 0 Å². The van der Waals surface area contributed by atoms with Crippen LogP contribution in [0.5, 0.6) is 0 Å². The van der Waals surface area contributed by atoms with Crippen molar-refractivity contribution < 1.29 is 8.62 Å². The summed E-state index contributed by atoms with van der Waals surface area (Å²) in [6.45, 7) is 0. The summed E-state index contributed by atoms with van der Waals surface area (Å²) in [5, 5.41) is 0. The van der Waals surface area contributed by atoms with E-state index in [0.29, 0.717) is 5.56 Å². The maximum absolute atomic E-state index is 11.5. The van der Waals surface area contributed by atoms with E-state index in [9.17, 15) is 4.79 Å². The first-order chi connectivity index (χ1) is 7.83. The Hall–Kier alpha value is -1.61. The molecular formula is C13H9BrO2. The zero-order valence-electron chi connectivity index (χ0n) is 8.39. The van der Waals surface area contributed by atoms with Crippen molar-refractivity contribution in [3.05, 3.63) is 60.2 Å². The maximum Gasteiger partial charge on any atom is 0.350 e. The van der Waals surface area contributed by atoms with Crippen molar-refractivity contribution in [2.75, 3.05) is 0 Å². The molecule has 0 saturated carbocycles. The van der Waals surface area contributed by atoms with Crippen molar-refractivity contribution >= 4 is 22.2 Å². The molecule has 0 atom stereocenters. The van der Waals surface area contributed by atoms with Crippen LogP contribution in [0.2, 0.25) is 0 Å². The Morgan fingerprint density at radius 3 is 2.25 bits per heavy atom. The number of hydrogen-bond donors (Lipinski definition) is 0. The second-order valence-electron chi connectivity index (χ2n) is 3.28. The zero-order valence-corrected chi connectivity index (χ0v) is 9.98. The summed E-state index contributed by atoms with van der Waals surface area (Å²) in [4.78, 5) is 11.5. The largest absolute Gasteiger partial charge is 0.380 e. The van der Waals surface area contributed by atoms with Crippen molar-refractivity contribution in [3.8, 4) is 11.1 Å². The normalized spacial score (nSPS) is 9.81. The monoisotopic (exact) mass is 276 g/mol. The zero-order chi connectivity index (χ0) is 11.4. The smallest absolute Gasteiger partial charge is 0.350 e. The van der Waals surface area contributed by atoms with Gasteiger partial charge in [-0.3, -0.25) is 0 Å². The second kappa shape index (κ2) is 4.94. The van der Waals surface area contributed by atoms with Gasteiger partial charge in [-0.1, -0.05) is 48.5 Å². The lowest BCUT2D eigenvalue weighted by molar-refractivity contribution is 0.0782. The van der Waals surface area contributed by atoms with E-state index in [-0.39, 0.29) is 5.97 Å². The van der Waals surface area contributed by atoms with Gasteiger partial charge in [0.25, 0.3) is 0 Å². The molecule has 2 aromatic rings. The van der Waals surface area contributed by atoms with Gasteiger partial charge >= 0.3 is 5.97 Å². The molecule has 0 aliphatic carbocycles. The number of carbonyl (C=O) groups excluding carboxylic acids is 1. The van der Waals surface area contributed by atoms with Crippen LogP contribution in [-0.2, 0) is 3.83 Å². The summed E-state index contributed by atoms with van der Waals surface area (Å²) < 4.78 is 4.57. The van der Waals surface area contributed by atoms with Crippen LogP contribution in [0.4, 0.5) is 0 Å². The van der Waals surface area contributed by atoms with Crippen molar-refractivity contribution in [2.45, 2.75) is 0 Å². The maximum atomic E-state index is 11.5. The van der Waals surface area contributed by atoms with E-state index in [4.69, 9.17) is 0 Å². The van der Waals surface area contributed by atoms with Crippen LogP contribution in [0.1, 0.15) is 10.4 Å². The third-order valence-electron chi connectivity index (χ3n) is 2.30. The van der Waals surface area contributed by atoms with E-state index >= 15 is 0 Å². The summed E-state index contributed by atoms with van der Waals surface area (Å²) in [6.07, 6.45) is 0. The molecule has 0 saturated heterocycles. The Kier molecular flexibility index (Phi) is 3.37. The molecule has 0 aliphatic heterocycles. The van der Waals surface area contributed by atoms with Gasteiger partial charge in [-0.05, 0) is 17.2 Å². The SMILES string of the molecule is O=C(OBr)c1ccccc1-c1ccccc1. The summed E-state index contributed by atoms with van der Waals surface area (Å²) in [5.41, 5.74) is 2.41. The summed E-state index contributed by atoms with van der Waals surface area (Å²) in [7, 11) is 0. The molecule has 2 nitrogen and oxygen atoms in total. The van der Waals surface area contributed by atoms with Crippen LogP contribution in [0.3, 0.4) is 0 Å². The van der Waals surface area contributed by atoms with Gasteiger partial charge in [-0.15, -0.1) is 0 Å². The lowest BCUT2D eigenvalue weighted by atomic mass is 10.00. The van der Waals surface area contributed by atoms with Crippen LogP contribution < -0.4 is 0 Å². The van der Waals surface area contributed by atoms with Crippen LogP contribution in [0.15, 0.2) is 54.6 Å². The molecule has 2 rings (SSSR count). The Labute approximate surface area is 102 Å². The number of benzene rings is 2. The molecule has 0 amide bonds. The molecule has 16 heavy (non-hydrogen) atoms. The van der Waals surface area contributed by atoms with Gasteiger partial charge in [0.2, 0.25) is 0 Å². The van der Waals surface area contributed by atoms with Crippen molar-refractivity contribution in [3.63, 3.8) is 0 Å². The molecule has 3 heteroatoms. The van der Waals surface area contributed by atoms with E-state index in [1.807, 2.05) is 48.5 Å². The number of hydrogen-bond acceptors (Lipinski definition) is 2. The molecule has 0 heterocycles. The molecule has 0 spiro atoms. The minimum Gasteiger partial charge on any atom is -0.380 e. The van der Waals surface area contributed by atoms with Crippen LogP contribution in [0.25, 0.3) is 11.1 Å². The first kappa shape index (κ1) is 10.9. The fraction of sp³-hybridized carbons (Fsp3) is 0. The number of halogens is 1. The Bertz CT molecular complexity index is 494. The quantitative estimate of drug-likeness (QED) is 0.834. The van der Waals surface area contributed by atoms with Gasteiger partial charge in [-0.25, -0.2) is 4.79 Å². The van der Waals surface area contributed by atoms with Gasteiger partial charge in [0.1, 0.15) is 0 Å². The van der Waals surface area contributed by atoms with E-state index in [1.165, 1.54) is 0 Å². The van der Waals surface area contributed by atoms with Crippen LogP contribution in [0, 0.1) is 0 Å². The molecule has 0 fully saturated rings. The van der Waals surface area contributed by atoms with Gasteiger partial charge < -0.3 is 3.83 Å². The van der Waals surface area contributed by atoms with E-state index < -0.39 is 0 Å². The highest BCUT2D eigenvalue weighted by Crippen LogP contribution is 2.24. The minimum atomic E-state index is -0.389. The highest BCUT2D eigenvalue weighted by atomic mass is 79.9. The molecule has 2 aromatic carbocycles. The van der Waals surface area contributed by atoms with Crippen LogP contribution >= 0.6 is 16.3 Å². The Morgan fingerprint density at radius 2 is 1.56 bits per heavy atom. The molecule has 0 aliphatic rings. The summed E-state index contributed by atoms with van der Waals surface area (Å²) in [6, 6.07) is 17.1. The molecule has 80 valence electrons. The fourth-order valence-corrected chi connectivity index (χ4v) is 1.75. The molecule has 0 unspecified atom stereocenters. The van der Waals surface area contributed by atoms with Gasteiger partial charge in [0.05, 0.1) is 5.56 Å². The Morgan fingerprint density at radius 1 is 0.938 bits per heavy atom. The highest BCUT2D eigenvalue weighted by Gasteiger charge is 2.12. The first-order valence-corrected chi connectivity index (χ1v) is 5.45. The van der Waals surface area contributed by atoms with Crippen molar-refractivity contribution in [1.82, 2.24) is 0 Å². The average Bonchev–Trinajstić information content (AvgIpc) is 2.39. The Balaban J connectivity index is 2.53. The predicted molar refractivity (Wildman–Crippen MR) is 66.2 cm³/mol. The van der Waals surface area contributed by atoms with E-state index in [2.05, 4.69) is 20.1 Å². The molecule has 0 aromatic heterocycles.